The first-order chi connectivity index (χ1) is 7.70. The van der Waals surface area contributed by atoms with Crippen molar-refractivity contribution >= 4 is 23.2 Å². The first-order valence-electron chi connectivity index (χ1n) is 4.53. The number of hydrogen-bond acceptors (Lipinski definition) is 3. The van der Waals surface area contributed by atoms with Gasteiger partial charge in [0.05, 0.1) is 24.0 Å². The molecule has 0 saturated heterocycles. The van der Waals surface area contributed by atoms with E-state index >= 15 is 0 Å². The van der Waals surface area contributed by atoms with Gasteiger partial charge in [0.1, 0.15) is 5.75 Å². The monoisotopic (exact) mass is 254 g/mol. The van der Waals surface area contributed by atoms with Crippen LogP contribution in [0.2, 0.25) is 10.3 Å². The summed E-state index contributed by atoms with van der Waals surface area (Å²) < 4.78 is 5.13. The molecule has 0 aliphatic heterocycles. The Hall–Kier alpha value is -1.32. The lowest BCUT2D eigenvalue weighted by molar-refractivity contribution is 0.415. The van der Waals surface area contributed by atoms with E-state index in [0.29, 0.717) is 10.7 Å². The first kappa shape index (κ1) is 11.2. The Labute approximate surface area is 103 Å². The van der Waals surface area contributed by atoms with Crippen molar-refractivity contribution in [2.75, 3.05) is 7.11 Å². The smallest absolute Gasteiger partial charge is 0.222 e. The molecule has 0 saturated carbocycles. The summed E-state index contributed by atoms with van der Waals surface area (Å²) in [4.78, 5) is 7.88. The van der Waals surface area contributed by atoms with Crippen LogP contribution in [0.3, 0.4) is 0 Å². The lowest BCUT2D eigenvalue weighted by atomic mass is 10.1. The Morgan fingerprint density at radius 1 is 1.25 bits per heavy atom. The van der Waals surface area contributed by atoms with Gasteiger partial charge in [0.2, 0.25) is 5.28 Å². The van der Waals surface area contributed by atoms with Crippen LogP contribution in [0.4, 0.5) is 0 Å². The van der Waals surface area contributed by atoms with E-state index in [9.17, 15) is 0 Å². The van der Waals surface area contributed by atoms with Crippen molar-refractivity contribution in [1.29, 1.82) is 0 Å². The van der Waals surface area contributed by atoms with Crippen LogP contribution in [0.1, 0.15) is 0 Å². The minimum atomic E-state index is 0.169. The van der Waals surface area contributed by atoms with E-state index in [2.05, 4.69) is 9.97 Å². The summed E-state index contributed by atoms with van der Waals surface area (Å²) in [6, 6.07) is 7.43. The van der Waals surface area contributed by atoms with E-state index in [1.165, 1.54) is 6.20 Å². The molecule has 0 N–H and O–H groups in total. The minimum absolute atomic E-state index is 0.169. The van der Waals surface area contributed by atoms with E-state index in [0.717, 1.165) is 11.3 Å². The minimum Gasteiger partial charge on any atom is -0.497 e. The SMILES string of the molecule is COc1cccc(-c2nc(Cl)ncc2Cl)c1. The van der Waals surface area contributed by atoms with E-state index in [1.54, 1.807) is 7.11 Å². The van der Waals surface area contributed by atoms with Crippen molar-refractivity contribution in [1.82, 2.24) is 9.97 Å². The maximum absolute atomic E-state index is 6.00. The van der Waals surface area contributed by atoms with Gasteiger partial charge >= 0.3 is 0 Å². The molecule has 0 amide bonds. The fourth-order valence-electron chi connectivity index (χ4n) is 1.32. The maximum Gasteiger partial charge on any atom is 0.222 e. The van der Waals surface area contributed by atoms with Crippen molar-refractivity contribution in [3.05, 3.63) is 40.8 Å². The van der Waals surface area contributed by atoms with E-state index in [1.807, 2.05) is 24.3 Å². The molecular weight excluding hydrogens is 247 g/mol. The molecular formula is C11H8Cl2N2O. The highest BCUT2D eigenvalue weighted by Crippen LogP contribution is 2.28. The highest BCUT2D eigenvalue weighted by molar-refractivity contribution is 6.33. The standard InChI is InChI=1S/C11H8Cl2N2O/c1-16-8-4-2-3-7(5-8)10-9(12)6-14-11(13)15-10/h2-6H,1H3. The van der Waals surface area contributed by atoms with Gasteiger partial charge in [0.25, 0.3) is 0 Å². The Morgan fingerprint density at radius 2 is 2.06 bits per heavy atom. The third-order valence-corrected chi connectivity index (χ3v) is 2.52. The molecule has 3 nitrogen and oxygen atoms in total. The van der Waals surface area contributed by atoms with Gasteiger partial charge in [-0.3, -0.25) is 0 Å². The molecule has 0 atom stereocenters. The molecule has 0 spiro atoms. The molecule has 1 aromatic carbocycles. The summed E-state index contributed by atoms with van der Waals surface area (Å²) in [5, 5.41) is 0.625. The summed E-state index contributed by atoms with van der Waals surface area (Å²) in [6.45, 7) is 0. The second-order valence-electron chi connectivity index (χ2n) is 3.07. The van der Waals surface area contributed by atoms with Crippen molar-refractivity contribution in [3.8, 4) is 17.0 Å². The Balaban J connectivity index is 2.53. The number of aromatic nitrogens is 2. The molecule has 2 aromatic rings. The van der Waals surface area contributed by atoms with Crippen LogP contribution in [0.25, 0.3) is 11.3 Å². The molecule has 82 valence electrons. The molecule has 1 heterocycles. The van der Waals surface area contributed by atoms with Crippen LogP contribution in [-0.2, 0) is 0 Å². The molecule has 0 fully saturated rings. The fourth-order valence-corrected chi connectivity index (χ4v) is 1.65. The van der Waals surface area contributed by atoms with Crippen molar-refractivity contribution in [3.63, 3.8) is 0 Å². The van der Waals surface area contributed by atoms with Crippen molar-refractivity contribution in [2.24, 2.45) is 0 Å². The number of hydrogen-bond donors (Lipinski definition) is 0. The van der Waals surface area contributed by atoms with Crippen LogP contribution in [0.15, 0.2) is 30.5 Å². The van der Waals surface area contributed by atoms with Gasteiger partial charge in [-0.05, 0) is 23.7 Å². The fraction of sp³-hybridized carbons (Fsp3) is 0.0909. The third kappa shape index (κ3) is 2.26. The largest absolute Gasteiger partial charge is 0.497 e. The van der Waals surface area contributed by atoms with E-state index < -0.39 is 0 Å². The number of halogens is 2. The number of nitrogens with zero attached hydrogens (tertiary/aromatic N) is 2. The van der Waals surface area contributed by atoms with Crippen LogP contribution in [-0.4, -0.2) is 17.1 Å². The Morgan fingerprint density at radius 3 is 2.81 bits per heavy atom. The van der Waals surface area contributed by atoms with Gasteiger partial charge < -0.3 is 4.74 Å². The second kappa shape index (κ2) is 4.68. The normalized spacial score (nSPS) is 10.2. The van der Waals surface area contributed by atoms with E-state index in [4.69, 9.17) is 27.9 Å². The van der Waals surface area contributed by atoms with Crippen molar-refractivity contribution < 1.29 is 4.74 Å². The maximum atomic E-state index is 6.00. The van der Waals surface area contributed by atoms with Gasteiger partial charge in [-0.1, -0.05) is 23.7 Å². The van der Waals surface area contributed by atoms with Gasteiger partial charge in [-0.2, -0.15) is 0 Å². The number of benzene rings is 1. The predicted molar refractivity (Wildman–Crippen MR) is 64.0 cm³/mol. The first-order valence-corrected chi connectivity index (χ1v) is 5.29. The lowest BCUT2D eigenvalue weighted by Gasteiger charge is -2.05. The van der Waals surface area contributed by atoms with Gasteiger partial charge in [0, 0.05) is 5.56 Å². The molecule has 16 heavy (non-hydrogen) atoms. The average Bonchev–Trinajstić information content (AvgIpc) is 2.32. The molecule has 0 bridgehead atoms. The number of rotatable bonds is 2. The van der Waals surface area contributed by atoms with Crippen molar-refractivity contribution in [2.45, 2.75) is 0 Å². The quantitative estimate of drug-likeness (QED) is 0.771. The summed E-state index contributed by atoms with van der Waals surface area (Å²) >= 11 is 11.7. The van der Waals surface area contributed by atoms with Crippen LogP contribution >= 0.6 is 23.2 Å². The predicted octanol–water partition coefficient (Wildman–Crippen LogP) is 3.46. The Bertz CT molecular complexity index is 517. The molecule has 0 aliphatic carbocycles. The molecule has 0 unspecified atom stereocenters. The molecule has 0 radical (unpaired) electrons. The zero-order valence-electron chi connectivity index (χ0n) is 8.45. The van der Waals surface area contributed by atoms with Crippen LogP contribution < -0.4 is 4.74 Å². The third-order valence-electron chi connectivity index (χ3n) is 2.06. The van der Waals surface area contributed by atoms with Crippen LogP contribution in [0.5, 0.6) is 5.75 Å². The Kier molecular flexibility index (Phi) is 3.27. The molecule has 2 rings (SSSR count). The van der Waals surface area contributed by atoms with Gasteiger partial charge in [0.15, 0.2) is 0 Å². The summed E-state index contributed by atoms with van der Waals surface area (Å²) in [5.74, 6) is 0.739. The topological polar surface area (TPSA) is 35.0 Å². The summed E-state index contributed by atoms with van der Waals surface area (Å²) in [6.07, 6.45) is 1.48. The van der Waals surface area contributed by atoms with Gasteiger partial charge in [-0.15, -0.1) is 0 Å². The van der Waals surface area contributed by atoms with Crippen LogP contribution in [0, 0.1) is 0 Å². The highest BCUT2D eigenvalue weighted by Gasteiger charge is 2.07. The molecule has 0 aliphatic rings. The highest BCUT2D eigenvalue weighted by atomic mass is 35.5. The summed E-state index contributed by atoms with van der Waals surface area (Å²) in [7, 11) is 1.60. The average molecular weight is 255 g/mol. The lowest BCUT2D eigenvalue weighted by Crippen LogP contribution is -1.90. The van der Waals surface area contributed by atoms with E-state index in [-0.39, 0.29) is 5.28 Å². The summed E-state index contributed by atoms with van der Waals surface area (Å²) in [5.41, 5.74) is 1.44. The zero-order chi connectivity index (χ0) is 11.5. The second-order valence-corrected chi connectivity index (χ2v) is 3.81. The molecule has 5 heteroatoms. The molecule has 1 aromatic heterocycles. The number of ether oxygens (including phenoxy) is 1. The zero-order valence-corrected chi connectivity index (χ0v) is 9.96. The van der Waals surface area contributed by atoms with Gasteiger partial charge in [-0.25, -0.2) is 9.97 Å². The number of methoxy groups -OCH3 is 1.